The lowest BCUT2D eigenvalue weighted by Gasteiger charge is -2.29. The Labute approximate surface area is 145 Å². The number of hydrogen-bond acceptors (Lipinski definition) is 5. The molecule has 4 rings (SSSR count). The summed E-state index contributed by atoms with van der Waals surface area (Å²) in [5.41, 5.74) is 1.28. The molecule has 2 N–H and O–H groups in total. The zero-order valence-corrected chi connectivity index (χ0v) is 14.5. The number of ether oxygens (including phenoxy) is 1. The normalized spacial score (nSPS) is 33.2. The van der Waals surface area contributed by atoms with Gasteiger partial charge in [-0.05, 0) is 19.9 Å². The quantitative estimate of drug-likeness (QED) is 0.775. The summed E-state index contributed by atoms with van der Waals surface area (Å²) in [6, 6.07) is 5.41. The second kappa shape index (κ2) is 5.37. The first-order chi connectivity index (χ1) is 11.9. The number of carbonyl (C=O) groups is 3. The minimum absolute atomic E-state index is 0.215. The van der Waals surface area contributed by atoms with E-state index < -0.39 is 17.4 Å². The molecule has 3 amide bonds. The van der Waals surface area contributed by atoms with E-state index in [0.29, 0.717) is 5.69 Å². The summed E-state index contributed by atoms with van der Waals surface area (Å²) in [6.07, 6.45) is 0. The molecule has 0 bridgehead atoms. The SMILES string of the molecule is COCCN1C(=O)[C@@H]2C(C)NC3(C(=O)Nc4ccc(C)cc43)[C@@H]2C1=O. The molecule has 25 heavy (non-hydrogen) atoms. The van der Waals surface area contributed by atoms with Crippen LogP contribution in [0.15, 0.2) is 18.2 Å². The average molecular weight is 343 g/mol. The maximum atomic E-state index is 13.1. The van der Waals surface area contributed by atoms with Gasteiger partial charge >= 0.3 is 0 Å². The Kier molecular flexibility index (Phi) is 3.49. The van der Waals surface area contributed by atoms with Gasteiger partial charge in [0.1, 0.15) is 5.54 Å². The minimum Gasteiger partial charge on any atom is -0.383 e. The fourth-order valence-corrected chi connectivity index (χ4v) is 4.54. The second-order valence-corrected chi connectivity index (χ2v) is 7.07. The van der Waals surface area contributed by atoms with Crippen molar-refractivity contribution >= 4 is 23.4 Å². The van der Waals surface area contributed by atoms with Crippen LogP contribution in [0.1, 0.15) is 18.1 Å². The molecule has 0 aromatic heterocycles. The number of nitrogens with zero attached hydrogens (tertiary/aromatic N) is 1. The molecule has 1 aromatic rings. The third kappa shape index (κ3) is 1.96. The Hall–Kier alpha value is -2.25. The molecule has 0 saturated carbocycles. The van der Waals surface area contributed by atoms with Crippen molar-refractivity contribution in [3.05, 3.63) is 29.3 Å². The molecule has 7 heteroatoms. The van der Waals surface area contributed by atoms with Gasteiger partial charge in [0.15, 0.2) is 0 Å². The summed E-state index contributed by atoms with van der Waals surface area (Å²) in [6.45, 7) is 4.30. The first-order valence-corrected chi connectivity index (χ1v) is 8.46. The fourth-order valence-electron chi connectivity index (χ4n) is 4.54. The van der Waals surface area contributed by atoms with Crippen molar-refractivity contribution in [2.45, 2.75) is 25.4 Å². The number of nitrogens with one attached hydrogen (secondary N) is 2. The van der Waals surface area contributed by atoms with E-state index >= 15 is 0 Å². The average Bonchev–Trinajstić information content (AvgIpc) is 3.12. The minimum atomic E-state index is -1.18. The number of anilines is 1. The predicted octanol–water partition coefficient (Wildman–Crippen LogP) is 0.382. The van der Waals surface area contributed by atoms with E-state index in [1.54, 1.807) is 0 Å². The van der Waals surface area contributed by atoms with Crippen LogP contribution in [-0.4, -0.2) is 48.9 Å². The van der Waals surface area contributed by atoms with Crippen molar-refractivity contribution in [3.63, 3.8) is 0 Å². The number of methoxy groups -OCH3 is 1. The molecule has 3 aliphatic heterocycles. The van der Waals surface area contributed by atoms with Crippen molar-refractivity contribution in [1.29, 1.82) is 0 Å². The highest BCUT2D eigenvalue weighted by Gasteiger charge is 2.69. The largest absolute Gasteiger partial charge is 0.383 e. The van der Waals surface area contributed by atoms with Gasteiger partial charge in [0.05, 0.1) is 25.0 Å². The predicted molar refractivity (Wildman–Crippen MR) is 89.7 cm³/mol. The van der Waals surface area contributed by atoms with Crippen LogP contribution in [0.2, 0.25) is 0 Å². The van der Waals surface area contributed by atoms with Crippen molar-refractivity contribution in [3.8, 4) is 0 Å². The summed E-state index contributed by atoms with van der Waals surface area (Å²) in [4.78, 5) is 40.1. The summed E-state index contributed by atoms with van der Waals surface area (Å²) in [5, 5.41) is 6.17. The molecule has 1 aromatic carbocycles. The number of amides is 3. The number of benzene rings is 1. The second-order valence-electron chi connectivity index (χ2n) is 7.07. The topological polar surface area (TPSA) is 87.7 Å². The molecule has 2 saturated heterocycles. The van der Waals surface area contributed by atoms with Crippen LogP contribution in [0.3, 0.4) is 0 Å². The Bertz CT molecular complexity index is 793. The highest BCUT2D eigenvalue weighted by Crippen LogP contribution is 2.52. The van der Waals surface area contributed by atoms with Crippen LogP contribution < -0.4 is 10.6 Å². The summed E-state index contributed by atoms with van der Waals surface area (Å²) in [5.74, 6) is -2.05. The Morgan fingerprint density at radius 2 is 2.00 bits per heavy atom. The van der Waals surface area contributed by atoms with Crippen LogP contribution in [0.4, 0.5) is 5.69 Å². The van der Waals surface area contributed by atoms with Gasteiger partial charge < -0.3 is 10.1 Å². The number of aryl methyl sites for hydroxylation is 1. The number of fused-ring (bicyclic) bond motifs is 4. The van der Waals surface area contributed by atoms with E-state index in [2.05, 4.69) is 10.6 Å². The molecule has 1 spiro atoms. The van der Waals surface area contributed by atoms with Crippen LogP contribution in [0.5, 0.6) is 0 Å². The van der Waals surface area contributed by atoms with Crippen LogP contribution in [0.25, 0.3) is 0 Å². The first kappa shape index (κ1) is 16.2. The number of rotatable bonds is 3. The molecule has 3 heterocycles. The molecule has 2 unspecified atom stereocenters. The third-order valence-corrected chi connectivity index (χ3v) is 5.63. The Morgan fingerprint density at radius 1 is 1.24 bits per heavy atom. The monoisotopic (exact) mass is 343 g/mol. The molecule has 3 aliphatic rings. The van der Waals surface area contributed by atoms with E-state index in [1.807, 2.05) is 32.0 Å². The van der Waals surface area contributed by atoms with Gasteiger partial charge in [-0.15, -0.1) is 0 Å². The Balaban J connectivity index is 1.83. The van der Waals surface area contributed by atoms with Crippen LogP contribution >= 0.6 is 0 Å². The van der Waals surface area contributed by atoms with Gasteiger partial charge in [0, 0.05) is 24.4 Å². The standard InChI is InChI=1S/C18H21N3O4/c1-9-4-5-12-11(8-9)18(17(24)19-12)14-13(10(2)20-18)15(22)21(16(14)23)6-7-25-3/h4-5,8,10,13-14,20H,6-7H2,1-3H3,(H,19,24)/t10?,13-,14+,18?/m1/s1. The number of hydrogen-bond donors (Lipinski definition) is 2. The third-order valence-electron chi connectivity index (χ3n) is 5.63. The van der Waals surface area contributed by atoms with E-state index in [-0.39, 0.29) is 36.9 Å². The van der Waals surface area contributed by atoms with Gasteiger partial charge in [-0.3, -0.25) is 24.6 Å². The molecule has 4 atom stereocenters. The first-order valence-electron chi connectivity index (χ1n) is 8.46. The zero-order valence-electron chi connectivity index (χ0n) is 14.5. The number of imide groups is 1. The van der Waals surface area contributed by atoms with Crippen LogP contribution in [-0.2, 0) is 24.7 Å². The van der Waals surface area contributed by atoms with Gasteiger partial charge in [0.2, 0.25) is 17.7 Å². The van der Waals surface area contributed by atoms with Gasteiger partial charge in [-0.1, -0.05) is 17.7 Å². The number of likely N-dealkylation sites (tertiary alicyclic amines) is 1. The van der Waals surface area contributed by atoms with Gasteiger partial charge in [-0.25, -0.2) is 0 Å². The Morgan fingerprint density at radius 3 is 2.72 bits per heavy atom. The van der Waals surface area contributed by atoms with Crippen molar-refractivity contribution in [2.24, 2.45) is 11.8 Å². The van der Waals surface area contributed by atoms with E-state index in [4.69, 9.17) is 4.74 Å². The molecular formula is C18H21N3O4. The van der Waals surface area contributed by atoms with Crippen molar-refractivity contribution in [1.82, 2.24) is 10.2 Å². The maximum absolute atomic E-state index is 13.1. The zero-order chi connectivity index (χ0) is 17.9. The van der Waals surface area contributed by atoms with Crippen LogP contribution in [0, 0.1) is 18.8 Å². The molecule has 7 nitrogen and oxygen atoms in total. The van der Waals surface area contributed by atoms with Gasteiger partial charge in [-0.2, -0.15) is 0 Å². The highest BCUT2D eigenvalue weighted by molar-refractivity contribution is 6.15. The van der Waals surface area contributed by atoms with E-state index in [0.717, 1.165) is 11.1 Å². The molecule has 132 valence electrons. The van der Waals surface area contributed by atoms with Gasteiger partial charge in [0.25, 0.3) is 0 Å². The maximum Gasteiger partial charge on any atom is 0.250 e. The highest BCUT2D eigenvalue weighted by atomic mass is 16.5. The fraction of sp³-hybridized carbons (Fsp3) is 0.500. The molecule has 2 fully saturated rings. The van der Waals surface area contributed by atoms with Crippen molar-refractivity contribution < 1.29 is 19.1 Å². The smallest absolute Gasteiger partial charge is 0.250 e. The van der Waals surface area contributed by atoms with Crippen molar-refractivity contribution in [2.75, 3.05) is 25.6 Å². The number of carbonyl (C=O) groups excluding carboxylic acids is 3. The summed E-state index contributed by atoms with van der Waals surface area (Å²) < 4.78 is 5.02. The lowest BCUT2D eigenvalue weighted by atomic mass is 9.76. The lowest BCUT2D eigenvalue weighted by Crippen LogP contribution is -2.53. The summed E-state index contributed by atoms with van der Waals surface area (Å²) >= 11 is 0. The molecular weight excluding hydrogens is 322 g/mol. The van der Waals surface area contributed by atoms with E-state index in [1.165, 1.54) is 12.0 Å². The van der Waals surface area contributed by atoms with E-state index in [9.17, 15) is 14.4 Å². The molecule has 0 radical (unpaired) electrons. The lowest BCUT2D eigenvalue weighted by molar-refractivity contribution is -0.143. The summed E-state index contributed by atoms with van der Waals surface area (Å²) in [7, 11) is 1.53. The molecule has 0 aliphatic carbocycles.